The van der Waals surface area contributed by atoms with E-state index in [2.05, 4.69) is 0 Å². The number of amides is 1. The predicted octanol–water partition coefficient (Wildman–Crippen LogP) is 0.994. The second-order valence-electron chi connectivity index (χ2n) is 1.62. The maximum absolute atomic E-state index is 10.1. The van der Waals surface area contributed by atoms with Crippen molar-refractivity contribution in [3.8, 4) is 0 Å². The van der Waals surface area contributed by atoms with Crippen LogP contribution in [0.1, 0.15) is 13.3 Å². The van der Waals surface area contributed by atoms with Gasteiger partial charge in [0.2, 0.25) is 5.91 Å². The molecule has 0 aliphatic rings. The van der Waals surface area contributed by atoms with E-state index in [1.165, 1.54) is 0 Å². The summed E-state index contributed by atoms with van der Waals surface area (Å²) in [5.74, 6) is -0.296. The molecule has 1 amide bonds. The van der Waals surface area contributed by atoms with Gasteiger partial charge in [-0.25, -0.2) is 0 Å². The number of rotatable bonds is 3. The summed E-state index contributed by atoms with van der Waals surface area (Å²) in [6.45, 7) is 1.91. The maximum Gasteiger partial charge on any atom is 0.221 e. The smallest absolute Gasteiger partial charge is 0.221 e. The van der Waals surface area contributed by atoms with E-state index in [-0.39, 0.29) is 5.91 Å². The fourth-order valence-corrected chi connectivity index (χ4v) is 0.374. The Hall–Kier alpha value is -1.05. The highest BCUT2D eigenvalue weighted by Crippen LogP contribution is 1.81. The fraction of sp³-hybridized carbons (Fsp3) is 0.286. The summed E-state index contributed by atoms with van der Waals surface area (Å²) in [5, 5.41) is 0. The second-order valence-corrected chi connectivity index (χ2v) is 1.62. The minimum atomic E-state index is -0.296. The molecule has 0 atom stereocenters. The van der Waals surface area contributed by atoms with Crippen LogP contribution in [0.25, 0.3) is 0 Å². The third-order valence-electron chi connectivity index (χ3n) is 0.759. The summed E-state index contributed by atoms with van der Waals surface area (Å²) >= 11 is 0. The monoisotopic (exact) mass is 125 g/mol. The molecule has 0 saturated carbocycles. The zero-order chi connectivity index (χ0) is 7.11. The van der Waals surface area contributed by atoms with Crippen molar-refractivity contribution in [3.63, 3.8) is 0 Å². The van der Waals surface area contributed by atoms with Crippen molar-refractivity contribution in [2.24, 2.45) is 5.73 Å². The summed E-state index contributed by atoms with van der Waals surface area (Å²) in [6, 6.07) is 0. The van der Waals surface area contributed by atoms with Crippen LogP contribution in [-0.4, -0.2) is 5.91 Å². The van der Waals surface area contributed by atoms with Gasteiger partial charge in [0.1, 0.15) is 0 Å². The average Bonchev–Trinajstić information content (AvgIpc) is 1.80. The lowest BCUT2D eigenvalue weighted by atomic mass is 10.3. The van der Waals surface area contributed by atoms with Crippen LogP contribution in [0.2, 0.25) is 0 Å². The van der Waals surface area contributed by atoms with Gasteiger partial charge in [0.05, 0.1) is 0 Å². The molecule has 0 aromatic carbocycles. The molecule has 50 valence electrons. The molecule has 0 radical (unpaired) electrons. The lowest BCUT2D eigenvalue weighted by molar-refractivity contribution is -0.117. The molecule has 2 heteroatoms. The first-order valence-electron chi connectivity index (χ1n) is 2.83. The van der Waals surface area contributed by atoms with Gasteiger partial charge in [-0.15, -0.1) is 0 Å². The van der Waals surface area contributed by atoms with E-state index in [1.807, 2.05) is 19.1 Å². The quantitative estimate of drug-likeness (QED) is 0.562. The van der Waals surface area contributed by atoms with Crippen LogP contribution in [0.15, 0.2) is 24.3 Å². The number of carbonyl (C=O) groups is 1. The summed E-state index contributed by atoms with van der Waals surface area (Å²) in [6.07, 6.45) is 7.58. The van der Waals surface area contributed by atoms with Crippen LogP contribution in [0.4, 0.5) is 0 Å². The van der Waals surface area contributed by atoms with Gasteiger partial charge in [-0.1, -0.05) is 24.3 Å². The van der Waals surface area contributed by atoms with Crippen molar-refractivity contribution >= 4 is 5.91 Å². The topological polar surface area (TPSA) is 43.1 Å². The van der Waals surface area contributed by atoms with Crippen LogP contribution in [0.5, 0.6) is 0 Å². The summed E-state index contributed by atoms with van der Waals surface area (Å²) in [7, 11) is 0. The molecule has 0 aromatic heterocycles. The van der Waals surface area contributed by atoms with Crippen molar-refractivity contribution < 1.29 is 4.79 Å². The van der Waals surface area contributed by atoms with Crippen LogP contribution >= 0.6 is 0 Å². The van der Waals surface area contributed by atoms with Gasteiger partial charge in [0.15, 0.2) is 0 Å². The molecule has 2 N–H and O–H groups in total. The van der Waals surface area contributed by atoms with Gasteiger partial charge in [0, 0.05) is 6.42 Å². The zero-order valence-electron chi connectivity index (χ0n) is 5.50. The Labute approximate surface area is 55.1 Å². The molecule has 0 heterocycles. The minimum Gasteiger partial charge on any atom is -0.369 e. The van der Waals surface area contributed by atoms with E-state index >= 15 is 0 Å². The van der Waals surface area contributed by atoms with Crippen LogP contribution < -0.4 is 5.73 Å². The average molecular weight is 125 g/mol. The number of primary amides is 1. The molecule has 0 saturated heterocycles. The van der Waals surface area contributed by atoms with Crippen molar-refractivity contribution in [2.45, 2.75) is 13.3 Å². The first-order valence-corrected chi connectivity index (χ1v) is 2.83. The molecule has 0 aliphatic heterocycles. The Morgan fingerprint density at radius 1 is 1.56 bits per heavy atom. The normalized spacial score (nSPS) is 11.2. The number of allylic oxidation sites excluding steroid dienone is 3. The molecule has 0 aromatic rings. The molecule has 0 rings (SSSR count). The van der Waals surface area contributed by atoms with E-state index in [0.717, 1.165) is 0 Å². The maximum atomic E-state index is 10.1. The first kappa shape index (κ1) is 7.95. The summed E-state index contributed by atoms with van der Waals surface area (Å²) in [5.41, 5.74) is 4.86. The van der Waals surface area contributed by atoms with E-state index in [0.29, 0.717) is 6.42 Å². The van der Waals surface area contributed by atoms with Gasteiger partial charge in [0.25, 0.3) is 0 Å². The highest BCUT2D eigenvalue weighted by Gasteiger charge is 1.82. The molecule has 0 unspecified atom stereocenters. The Kier molecular flexibility index (Phi) is 4.50. The standard InChI is InChI=1S/C7H11NO/c1-2-3-4-5-6-7(8)9/h2-5H,6H2,1H3,(H2,8,9)/b3-2+,5-4+. The van der Waals surface area contributed by atoms with Gasteiger partial charge < -0.3 is 5.73 Å². The molecule has 0 spiro atoms. The number of carbonyl (C=O) groups excluding carboxylic acids is 1. The largest absolute Gasteiger partial charge is 0.369 e. The fourth-order valence-electron chi connectivity index (χ4n) is 0.374. The number of nitrogens with two attached hydrogens (primary N) is 1. The summed E-state index contributed by atoms with van der Waals surface area (Å²) in [4.78, 5) is 10.1. The van der Waals surface area contributed by atoms with Crippen LogP contribution in [0.3, 0.4) is 0 Å². The van der Waals surface area contributed by atoms with Crippen molar-refractivity contribution in [2.75, 3.05) is 0 Å². The Morgan fingerprint density at radius 2 is 2.22 bits per heavy atom. The van der Waals surface area contributed by atoms with Gasteiger partial charge in [-0.3, -0.25) is 4.79 Å². The number of hydrogen-bond acceptors (Lipinski definition) is 1. The Balaban J connectivity index is 3.36. The Bertz CT molecular complexity index is 136. The van der Waals surface area contributed by atoms with Gasteiger partial charge in [-0.05, 0) is 6.92 Å². The molecule has 9 heavy (non-hydrogen) atoms. The second kappa shape index (κ2) is 5.09. The summed E-state index contributed by atoms with van der Waals surface area (Å²) < 4.78 is 0. The van der Waals surface area contributed by atoms with Crippen molar-refractivity contribution in [3.05, 3.63) is 24.3 Å². The van der Waals surface area contributed by atoms with Gasteiger partial charge >= 0.3 is 0 Å². The number of hydrogen-bond donors (Lipinski definition) is 1. The van der Waals surface area contributed by atoms with Crippen LogP contribution in [-0.2, 0) is 4.79 Å². The lowest BCUT2D eigenvalue weighted by Crippen LogP contribution is -2.07. The first-order chi connectivity index (χ1) is 4.27. The minimum absolute atomic E-state index is 0.296. The molecular formula is C7H11NO. The molecule has 0 bridgehead atoms. The van der Waals surface area contributed by atoms with Crippen molar-refractivity contribution in [1.82, 2.24) is 0 Å². The zero-order valence-corrected chi connectivity index (χ0v) is 5.50. The highest BCUT2D eigenvalue weighted by molar-refractivity contribution is 5.75. The van der Waals surface area contributed by atoms with Crippen molar-refractivity contribution in [1.29, 1.82) is 0 Å². The molecular weight excluding hydrogens is 114 g/mol. The van der Waals surface area contributed by atoms with Crippen LogP contribution in [0, 0.1) is 0 Å². The third kappa shape index (κ3) is 6.95. The van der Waals surface area contributed by atoms with E-state index < -0.39 is 0 Å². The SMILES string of the molecule is C/C=C/C=C/CC(N)=O. The predicted molar refractivity (Wildman–Crippen MR) is 37.8 cm³/mol. The molecule has 0 fully saturated rings. The Morgan fingerprint density at radius 3 is 2.67 bits per heavy atom. The molecule has 2 nitrogen and oxygen atoms in total. The third-order valence-corrected chi connectivity index (χ3v) is 0.759. The van der Waals surface area contributed by atoms with E-state index in [4.69, 9.17) is 5.73 Å². The van der Waals surface area contributed by atoms with E-state index in [9.17, 15) is 4.79 Å². The van der Waals surface area contributed by atoms with Gasteiger partial charge in [-0.2, -0.15) is 0 Å². The lowest BCUT2D eigenvalue weighted by Gasteiger charge is -1.80. The van der Waals surface area contributed by atoms with E-state index in [1.54, 1.807) is 12.2 Å². The highest BCUT2D eigenvalue weighted by atomic mass is 16.1. The molecule has 0 aliphatic carbocycles.